The molecule has 0 atom stereocenters. The summed E-state index contributed by atoms with van der Waals surface area (Å²) in [6.07, 6.45) is 0.540. The van der Waals surface area contributed by atoms with Crippen LogP contribution in [-0.4, -0.2) is 128 Å². The van der Waals surface area contributed by atoms with E-state index in [1.54, 1.807) is 0 Å². The molecule has 0 radical (unpaired) electrons. The highest BCUT2D eigenvalue weighted by Gasteiger charge is 2.10. The Bertz CT molecular complexity index is 695. The van der Waals surface area contributed by atoms with Crippen molar-refractivity contribution in [2.24, 2.45) is 5.73 Å². The van der Waals surface area contributed by atoms with Crippen LogP contribution in [0, 0.1) is 0 Å². The van der Waals surface area contributed by atoms with Crippen molar-refractivity contribution in [1.82, 2.24) is 26.6 Å². The maximum atomic E-state index is 11.7. The molecule has 0 aliphatic carbocycles. The van der Waals surface area contributed by atoms with E-state index >= 15 is 0 Å². The monoisotopic (exact) mass is 534 g/mol. The molecule has 0 bridgehead atoms. The maximum absolute atomic E-state index is 11.7. The average molecular weight is 535 g/mol. The van der Waals surface area contributed by atoms with Gasteiger partial charge in [-0.1, -0.05) is 0 Å². The summed E-state index contributed by atoms with van der Waals surface area (Å²) in [5.41, 5.74) is 5.29. The van der Waals surface area contributed by atoms with Crippen LogP contribution in [0.15, 0.2) is 0 Å². The molecule has 16 nitrogen and oxygen atoms in total. The van der Waals surface area contributed by atoms with E-state index in [1.165, 1.54) is 0 Å². The molecule has 0 saturated carbocycles. The molecule has 212 valence electrons. The predicted molar refractivity (Wildman–Crippen MR) is 128 cm³/mol. The molecule has 0 saturated heterocycles. The van der Waals surface area contributed by atoms with Gasteiger partial charge in [0.1, 0.15) is 6.29 Å². The van der Waals surface area contributed by atoms with Crippen molar-refractivity contribution in [1.29, 1.82) is 0 Å². The smallest absolute Gasteiger partial charge is 0.239 e. The van der Waals surface area contributed by atoms with E-state index in [4.69, 9.17) is 24.7 Å². The minimum atomic E-state index is -0.640. The van der Waals surface area contributed by atoms with Gasteiger partial charge in [-0.3, -0.25) is 24.0 Å². The molecule has 0 aromatic rings. The number of hydrogen-bond donors (Lipinski definition) is 6. The lowest BCUT2D eigenvalue weighted by Crippen LogP contribution is -2.45. The molecule has 37 heavy (non-hydrogen) atoms. The summed E-state index contributed by atoms with van der Waals surface area (Å²) < 4.78 is 21.0. The summed E-state index contributed by atoms with van der Waals surface area (Å²) in [6.45, 7) is 1.89. The van der Waals surface area contributed by atoms with Crippen molar-refractivity contribution in [3.63, 3.8) is 0 Å². The highest BCUT2D eigenvalue weighted by Crippen LogP contribution is 1.86. The van der Waals surface area contributed by atoms with E-state index in [2.05, 4.69) is 26.6 Å². The predicted octanol–water partition coefficient (Wildman–Crippen LogP) is -4.82. The van der Waals surface area contributed by atoms with Crippen LogP contribution in [0.2, 0.25) is 0 Å². The molecule has 0 heterocycles. The van der Waals surface area contributed by atoms with E-state index in [0.717, 1.165) is 0 Å². The minimum absolute atomic E-state index is 0.0436. The first-order chi connectivity index (χ1) is 17.9. The van der Waals surface area contributed by atoms with E-state index in [9.17, 15) is 28.8 Å². The van der Waals surface area contributed by atoms with Gasteiger partial charge < -0.3 is 56.1 Å². The highest BCUT2D eigenvalue weighted by molar-refractivity contribution is 5.91. The third kappa shape index (κ3) is 24.3. The number of aldehydes is 1. The summed E-state index contributed by atoms with van der Waals surface area (Å²) in [5, 5.41) is 11.4. The van der Waals surface area contributed by atoms with Gasteiger partial charge in [-0.15, -0.1) is 0 Å². The zero-order valence-electron chi connectivity index (χ0n) is 20.8. The van der Waals surface area contributed by atoms with Crippen molar-refractivity contribution in [2.45, 2.75) is 6.42 Å². The first-order valence-corrected chi connectivity index (χ1v) is 11.7. The Morgan fingerprint density at radius 2 is 0.865 bits per heavy atom. The van der Waals surface area contributed by atoms with Crippen LogP contribution in [0.1, 0.15) is 6.42 Å². The van der Waals surface area contributed by atoms with E-state index in [-0.39, 0.29) is 32.7 Å². The van der Waals surface area contributed by atoms with Crippen LogP contribution in [0.4, 0.5) is 0 Å². The number of carbonyl (C=O) groups excluding carboxylic acids is 6. The lowest BCUT2D eigenvalue weighted by molar-refractivity contribution is -0.129. The topological polar surface area (TPSA) is 226 Å². The van der Waals surface area contributed by atoms with Crippen molar-refractivity contribution in [2.75, 3.05) is 92.1 Å². The van der Waals surface area contributed by atoms with E-state index in [0.29, 0.717) is 59.1 Å². The Morgan fingerprint density at radius 3 is 1.27 bits per heavy atom. The summed E-state index contributed by atoms with van der Waals surface area (Å²) in [6, 6.07) is 0. The van der Waals surface area contributed by atoms with Crippen LogP contribution < -0.4 is 32.3 Å². The van der Waals surface area contributed by atoms with Gasteiger partial charge in [-0.05, 0) is 0 Å². The van der Waals surface area contributed by atoms with Gasteiger partial charge in [0, 0.05) is 13.0 Å². The maximum Gasteiger partial charge on any atom is 0.239 e. The lowest BCUT2D eigenvalue weighted by atomic mass is 10.4. The third-order valence-electron chi connectivity index (χ3n) is 4.02. The molecule has 0 unspecified atom stereocenters. The second-order valence-corrected chi connectivity index (χ2v) is 7.07. The molecule has 7 N–H and O–H groups in total. The van der Waals surface area contributed by atoms with Gasteiger partial charge in [0.15, 0.2) is 0 Å². The molecule has 16 heteroatoms. The van der Waals surface area contributed by atoms with Crippen molar-refractivity contribution in [3.05, 3.63) is 0 Å². The van der Waals surface area contributed by atoms with Crippen molar-refractivity contribution < 1.29 is 47.7 Å². The highest BCUT2D eigenvalue weighted by atomic mass is 16.6. The summed E-state index contributed by atoms with van der Waals surface area (Å²) in [5.74, 6) is -2.82. The van der Waals surface area contributed by atoms with Crippen LogP contribution in [-0.2, 0) is 47.7 Å². The van der Waals surface area contributed by atoms with Gasteiger partial charge in [0.2, 0.25) is 29.5 Å². The van der Waals surface area contributed by atoms with Gasteiger partial charge >= 0.3 is 0 Å². The molecule has 0 aliphatic rings. The lowest BCUT2D eigenvalue weighted by Gasteiger charge is -2.09. The first-order valence-electron chi connectivity index (χ1n) is 11.7. The SMILES string of the molecule is NCCOCCOCCOCCOCCC(=O)NCC(=O)NCC(=O)NCC(=O)NCC(=O)NCC=O. The molecule has 0 aromatic carbocycles. The number of carbonyl (C=O) groups is 6. The van der Waals surface area contributed by atoms with Crippen LogP contribution in [0.3, 0.4) is 0 Å². The van der Waals surface area contributed by atoms with E-state index < -0.39 is 42.6 Å². The molecular weight excluding hydrogens is 496 g/mol. The standard InChI is InChI=1S/C21H38N6O10/c22-2-6-35-8-10-37-12-11-36-9-7-34-5-1-17(29)24-14-19(31)26-16-21(33)27-15-20(32)25-13-18(30)23-3-4-28/h4H,1-3,5-16,22H2,(H,23,30)(H,24,29)(H,25,32)(H,26,31)(H,27,33). The molecule has 0 aromatic heterocycles. The normalized spacial score (nSPS) is 10.3. The number of nitrogens with two attached hydrogens (primary N) is 1. The zero-order chi connectivity index (χ0) is 27.6. The van der Waals surface area contributed by atoms with Crippen LogP contribution >= 0.6 is 0 Å². The number of amides is 5. The van der Waals surface area contributed by atoms with Crippen LogP contribution in [0.25, 0.3) is 0 Å². The fourth-order valence-corrected chi connectivity index (χ4v) is 2.22. The second-order valence-electron chi connectivity index (χ2n) is 7.07. The van der Waals surface area contributed by atoms with Crippen molar-refractivity contribution in [3.8, 4) is 0 Å². The Balaban J connectivity index is 3.59. The number of ether oxygens (including phenoxy) is 4. The average Bonchev–Trinajstić information content (AvgIpc) is 2.89. The number of rotatable bonds is 24. The van der Waals surface area contributed by atoms with Gasteiger partial charge in [-0.25, -0.2) is 0 Å². The number of hydrogen-bond acceptors (Lipinski definition) is 11. The third-order valence-corrected chi connectivity index (χ3v) is 4.02. The fraction of sp³-hybridized carbons (Fsp3) is 0.714. The molecule has 0 aliphatic heterocycles. The molecule has 0 rings (SSSR count). The quantitative estimate of drug-likeness (QED) is 0.0508. The molecule has 0 spiro atoms. The first kappa shape index (κ1) is 33.8. The largest absolute Gasteiger partial charge is 0.379 e. The zero-order valence-corrected chi connectivity index (χ0v) is 20.8. The Hall–Kier alpha value is -3.18. The summed E-state index contributed by atoms with van der Waals surface area (Å²) >= 11 is 0. The minimum Gasteiger partial charge on any atom is -0.379 e. The van der Waals surface area contributed by atoms with Crippen LogP contribution in [0.5, 0.6) is 0 Å². The summed E-state index contributed by atoms with van der Waals surface area (Å²) in [7, 11) is 0. The fourth-order valence-electron chi connectivity index (χ4n) is 2.22. The van der Waals surface area contributed by atoms with Gasteiger partial charge in [0.25, 0.3) is 0 Å². The molecule has 5 amide bonds. The van der Waals surface area contributed by atoms with E-state index in [1.807, 2.05) is 0 Å². The Kier molecular flexibility index (Phi) is 22.4. The number of nitrogens with one attached hydrogen (secondary N) is 5. The summed E-state index contributed by atoms with van der Waals surface area (Å²) in [4.78, 5) is 68.0. The van der Waals surface area contributed by atoms with Gasteiger partial charge in [-0.2, -0.15) is 0 Å². The Morgan fingerprint density at radius 1 is 0.514 bits per heavy atom. The van der Waals surface area contributed by atoms with Crippen molar-refractivity contribution >= 4 is 35.8 Å². The Labute approximate surface area is 215 Å². The second kappa shape index (κ2) is 24.5. The van der Waals surface area contributed by atoms with Gasteiger partial charge in [0.05, 0.1) is 85.6 Å². The molecular formula is C21H38N6O10. The molecule has 0 fully saturated rings.